The second-order valence-corrected chi connectivity index (χ2v) is 9.91. The molecule has 2 N–H and O–H groups in total. The minimum absolute atomic E-state index is 0.0860. The van der Waals surface area contributed by atoms with Gasteiger partial charge in [0.2, 0.25) is 0 Å². The molecule has 212 valence electrons. The van der Waals surface area contributed by atoms with Crippen LogP contribution in [0.15, 0.2) is 134 Å². The highest BCUT2D eigenvalue weighted by atomic mass is 16.3. The zero-order chi connectivity index (χ0) is 30.2. The Morgan fingerprint density at radius 1 is 0.465 bits per heavy atom. The lowest BCUT2D eigenvalue weighted by Crippen LogP contribution is -1.90. The quantitative estimate of drug-likeness (QED) is 0.144. The average Bonchev–Trinajstić information content (AvgIpc) is 3.02. The van der Waals surface area contributed by atoms with Crippen LogP contribution in [0.5, 0.6) is 11.5 Å². The van der Waals surface area contributed by atoms with E-state index in [-0.39, 0.29) is 11.5 Å². The van der Waals surface area contributed by atoms with Gasteiger partial charge in [-0.3, -0.25) is 9.98 Å². The van der Waals surface area contributed by atoms with E-state index in [1.54, 1.807) is 48.8 Å². The molecule has 8 nitrogen and oxygen atoms in total. The Bertz CT molecular complexity index is 1730. The second-order valence-electron chi connectivity index (χ2n) is 9.91. The van der Waals surface area contributed by atoms with Gasteiger partial charge in [-0.25, -0.2) is 0 Å². The van der Waals surface area contributed by atoms with Gasteiger partial charge in [0.15, 0.2) is 0 Å². The largest absolute Gasteiger partial charge is 0.507 e. The standard InChI is InChI=1S/C35H30N6O2/c1-23-18-24(2)35(37-22-27-20-31(15-17-33(27)43)41-39-29-12-8-5-9-13-29)25(3)34(23)36-21-26-19-30(14-16-32(26)42)40-38-28-10-6-4-7-11-28/h4-22,42-43H,1-3H3. The fourth-order valence-corrected chi connectivity index (χ4v) is 4.47. The van der Waals surface area contributed by atoms with Crippen molar-refractivity contribution in [2.75, 3.05) is 0 Å². The summed E-state index contributed by atoms with van der Waals surface area (Å²) < 4.78 is 0. The summed E-state index contributed by atoms with van der Waals surface area (Å²) in [6, 6.07) is 30.9. The SMILES string of the molecule is Cc1cc(C)c(N=Cc2cc(N=Nc3ccccc3)ccc2O)c(C)c1N=Cc1cc(N=Nc2ccccc2)ccc1O. The van der Waals surface area contributed by atoms with E-state index in [0.29, 0.717) is 22.5 Å². The van der Waals surface area contributed by atoms with Crippen LogP contribution in [0.25, 0.3) is 0 Å². The first-order chi connectivity index (χ1) is 20.9. The molecule has 0 saturated heterocycles. The monoisotopic (exact) mass is 566 g/mol. The van der Waals surface area contributed by atoms with Crippen LogP contribution in [0, 0.1) is 20.8 Å². The third-order valence-electron chi connectivity index (χ3n) is 6.65. The molecule has 0 unspecified atom stereocenters. The molecule has 0 spiro atoms. The van der Waals surface area contributed by atoms with Crippen molar-refractivity contribution in [3.05, 3.63) is 131 Å². The van der Waals surface area contributed by atoms with Gasteiger partial charge in [-0.15, -0.1) is 0 Å². The number of rotatable bonds is 8. The van der Waals surface area contributed by atoms with Crippen molar-refractivity contribution in [1.29, 1.82) is 0 Å². The molecule has 43 heavy (non-hydrogen) atoms. The summed E-state index contributed by atoms with van der Waals surface area (Å²) in [6.45, 7) is 5.92. The van der Waals surface area contributed by atoms with Crippen molar-refractivity contribution < 1.29 is 10.2 Å². The molecule has 0 aliphatic rings. The molecular weight excluding hydrogens is 536 g/mol. The number of phenols is 2. The molecule has 8 heteroatoms. The van der Waals surface area contributed by atoms with Gasteiger partial charge in [-0.2, -0.15) is 20.5 Å². The molecule has 0 heterocycles. The van der Waals surface area contributed by atoms with Gasteiger partial charge in [0, 0.05) is 29.1 Å². The van der Waals surface area contributed by atoms with E-state index < -0.39 is 0 Å². The molecule has 5 rings (SSSR count). The first-order valence-electron chi connectivity index (χ1n) is 13.7. The van der Waals surface area contributed by atoms with Crippen LogP contribution in [0.4, 0.5) is 34.1 Å². The van der Waals surface area contributed by atoms with Gasteiger partial charge >= 0.3 is 0 Å². The van der Waals surface area contributed by atoms with Crippen LogP contribution >= 0.6 is 0 Å². The zero-order valence-electron chi connectivity index (χ0n) is 24.0. The molecule has 0 aliphatic carbocycles. The van der Waals surface area contributed by atoms with Gasteiger partial charge in [-0.1, -0.05) is 42.5 Å². The Morgan fingerprint density at radius 3 is 1.28 bits per heavy atom. The lowest BCUT2D eigenvalue weighted by molar-refractivity contribution is 0.474. The highest BCUT2D eigenvalue weighted by molar-refractivity contribution is 5.90. The first-order valence-corrected chi connectivity index (χ1v) is 13.7. The summed E-state index contributed by atoms with van der Waals surface area (Å²) in [6.07, 6.45) is 3.23. The number of hydrogen-bond acceptors (Lipinski definition) is 8. The second kappa shape index (κ2) is 13.3. The molecule has 0 radical (unpaired) electrons. The zero-order valence-corrected chi connectivity index (χ0v) is 24.0. The molecule has 0 aromatic heterocycles. The number of azo groups is 2. The smallest absolute Gasteiger partial charge is 0.124 e. The first kappa shape index (κ1) is 28.8. The topological polar surface area (TPSA) is 115 Å². The molecule has 0 bridgehead atoms. The molecule has 0 atom stereocenters. The Morgan fingerprint density at radius 2 is 0.860 bits per heavy atom. The lowest BCUT2D eigenvalue weighted by Gasteiger charge is -2.12. The van der Waals surface area contributed by atoms with Crippen molar-refractivity contribution in [3.8, 4) is 11.5 Å². The van der Waals surface area contributed by atoms with E-state index in [1.807, 2.05) is 87.5 Å². The van der Waals surface area contributed by atoms with Crippen LogP contribution in [0.2, 0.25) is 0 Å². The van der Waals surface area contributed by atoms with Crippen molar-refractivity contribution >= 4 is 46.6 Å². The fraction of sp³-hybridized carbons (Fsp3) is 0.0857. The summed E-state index contributed by atoms with van der Waals surface area (Å²) in [5.41, 5.74) is 7.97. The van der Waals surface area contributed by atoms with Gasteiger partial charge in [-0.05, 0) is 92.6 Å². The van der Waals surface area contributed by atoms with Crippen molar-refractivity contribution in [2.24, 2.45) is 30.4 Å². The number of benzene rings is 5. The van der Waals surface area contributed by atoms with Crippen LogP contribution in [0.1, 0.15) is 27.8 Å². The van der Waals surface area contributed by atoms with Crippen LogP contribution in [-0.2, 0) is 0 Å². The molecule has 0 saturated carbocycles. The maximum Gasteiger partial charge on any atom is 0.124 e. The molecule has 0 amide bonds. The van der Waals surface area contributed by atoms with E-state index >= 15 is 0 Å². The normalized spacial score (nSPS) is 11.9. The van der Waals surface area contributed by atoms with E-state index in [2.05, 4.69) is 20.5 Å². The predicted octanol–water partition coefficient (Wildman–Crippen LogP) is 10.4. The highest BCUT2D eigenvalue weighted by Gasteiger charge is 2.11. The van der Waals surface area contributed by atoms with Gasteiger partial charge in [0.1, 0.15) is 11.5 Å². The number of nitrogens with zero attached hydrogens (tertiary/aromatic N) is 6. The van der Waals surface area contributed by atoms with Crippen LogP contribution < -0.4 is 0 Å². The number of aliphatic imine (C=N–C) groups is 2. The van der Waals surface area contributed by atoms with Gasteiger partial charge in [0.25, 0.3) is 0 Å². The molecule has 5 aromatic rings. The van der Waals surface area contributed by atoms with Gasteiger partial charge < -0.3 is 10.2 Å². The minimum Gasteiger partial charge on any atom is -0.507 e. The average molecular weight is 567 g/mol. The molecule has 5 aromatic carbocycles. The Balaban J connectivity index is 1.40. The van der Waals surface area contributed by atoms with E-state index in [9.17, 15) is 10.2 Å². The Hall–Kier alpha value is -5.76. The number of phenolic OH excluding ortho intramolecular Hbond substituents is 2. The van der Waals surface area contributed by atoms with Gasteiger partial charge in [0.05, 0.1) is 34.1 Å². The van der Waals surface area contributed by atoms with E-state index in [1.165, 1.54) is 0 Å². The van der Waals surface area contributed by atoms with Crippen LogP contribution in [-0.4, -0.2) is 22.6 Å². The van der Waals surface area contributed by atoms with Crippen molar-refractivity contribution in [2.45, 2.75) is 20.8 Å². The van der Waals surface area contributed by atoms with Crippen molar-refractivity contribution in [3.63, 3.8) is 0 Å². The highest BCUT2D eigenvalue weighted by Crippen LogP contribution is 2.36. The molecule has 0 fully saturated rings. The maximum absolute atomic E-state index is 10.5. The minimum atomic E-state index is 0.0860. The number of aryl methyl sites for hydroxylation is 2. The summed E-state index contributed by atoms with van der Waals surface area (Å²) >= 11 is 0. The fourth-order valence-electron chi connectivity index (χ4n) is 4.47. The Kier molecular flexibility index (Phi) is 8.87. The van der Waals surface area contributed by atoms with Crippen LogP contribution in [0.3, 0.4) is 0 Å². The third-order valence-corrected chi connectivity index (χ3v) is 6.65. The Labute approximate surface area is 250 Å². The summed E-state index contributed by atoms with van der Waals surface area (Å²) in [4.78, 5) is 9.46. The molecule has 0 aliphatic heterocycles. The van der Waals surface area contributed by atoms with Crippen molar-refractivity contribution in [1.82, 2.24) is 0 Å². The lowest BCUT2D eigenvalue weighted by atomic mass is 10.0. The third kappa shape index (κ3) is 7.31. The van der Waals surface area contributed by atoms with E-state index in [0.717, 1.165) is 39.4 Å². The van der Waals surface area contributed by atoms with E-state index in [4.69, 9.17) is 9.98 Å². The predicted molar refractivity (Wildman–Crippen MR) is 173 cm³/mol. The summed E-state index contributed by atoms with van der Waals surface area (Å²) in [5.74, 6) is 0.172. The summed E-state index contributed by atoms with van der Waals surface area (Å²) in [7, 11) is 0. The molecular formula is C35H30N6O2. The number of hydrogen-bond donors (Lipinski definition) is 2. The number of aromatic hydroxyl groups is 2. The maximum atomic E-state index is 10.5. The summed E-state index contributed by atoms with van der Waals surface area (Å²) in [5, 5.41) is 38.0.